The molecular weight excluding hydrogens is 350 g/mol. The molecule has 3 aromatic rings. The maximum absolute atomic E-state index is 11.6. The van der Waals surface area contributed by atoms with E-state index in [1.165, 1.54) is 0 Å². The molecule has 0 aliphatic carbocycles. The van der Waals surface area contributed by atoms with Crippen molar-refractivity contribution in [2.24, 2.45) is 0 Å². The van der Waals surface area contributed by atoms with E-state index in [4.69, 9.17) is 0 Å². The summed E-state index contributed by atoms with van der Waals surface area (Å²) in [5.74, 6) is 0. The Hall–Kier alpha value is -1.52. The summed E-state index contributed by atoms with van der Waals surface area (Å²) in [5.41, 5.74) is 0.980. The van der Waals surface area contributed by atoms with Crippen molar-refractivity contribution in [2.45, 2.75) is 12.3 Å². The molecule has 24 heavy (non-hydrogen) atoms. The first-order valence-corrected chi connectivity index (χ1v) is 10.8. The number of hydrogen-bond donors (Lipinski definition) is 4. The first kappa shape index (κ1) is 17.3. The minimum atomic E-state index is -4.31. The van der Waals surface area contributed by atoms with Crippen LogP contribution in [0, 0.1) is 0 Å². The Morgan fingerprint density at radius 3 is 1.04 bits per heavy atom. The molecule has 0 aliphatic rings. The normalized spacial score (nSPS) is 12.8. The predicted octanol–water partition coefficient (Wildman–Crippen LogP) is 3.35. The third-order valence-electron chi connectivity index (χ3n) is 3.88. The molecule has 8 heteroatoms. The van der Waals surface area contributed by atoms with Gasteiger partial charge in [0.15, 0.2) is 0 Å². The van der Waals surface area contributed by atoms with Crippen LogP contribution in [-0.4, -0.2) is 19.6 Å². The Kier molecular flexibility index (Phi) is 4.39. The van der Waals surface area contributed by atoms with Crippen LogP contribution in [-0.2, 0) is 21.5 Å². The van der Waals surface area contributed by atoms with Crippen molar-refractivity contribution in [1.29, 1.82) is 0 Å². The molecule has 0 amide bonds. The molecule has 0 aromatic heterocycles. The molecule has 0 saturated heterocycles. The van der Waals surface area contributed by atoms with Gasteiger partial charge in [0.25, 0.3) is 0 Å². The molecule has 0 spiro atoms. The van der Waals surface area contributed by atoms with Gasteiger partial charge in [-0.05, 0) is 32.7 Å². The fourth-order valence-corrected chi connectivity index (χ4v) is 4.57. The fourth-order valence-electron chi connectivity index (χ4n) is 3.06. The molecule has 0 heterocycles. The lowest BCUT2D eigenvalue weighted by Gasteiger charge is -2.17. The monoisotopic (exact) mass is 366 g/mol. The van der Waals surface area contributed by atoms with E-state index < -0.39 is 27.5 Å². The van der Waals surface area contributed by atoms with E-state index in [1.54, 1.807) is 48.5 Å². The molecular formula is C16H16O6P2. The van der Waals surface area contributed by atoms with E-state index in [9.17, 15) is 28.7 Å². The fraction of sp³-hybridized carbons (Fsp3) is 0.125. The number of benzene rings is 3. The molecule has 0 atom stereocenters. The molecule has 0 fully saturated rings. The van der Waals surface area contributed by atoms with E-state index in [0.717, 1.165) is 0 Å². The van der Waals surface area contributed by atoms with Crippen LogP contribution in [0.25, 0.3) is 21.5 Å². The van der Waals surface area contributed by atoms with Crippen molar-refractivity contribution < 1.29 is 28.7 Å². The van der Waals surface area contributed by atoms with Crippen LogP contribution < -0.4 is 0 Å². The van der Waals surface area contributed by atoms with Crippen LogP contribution in [0.1, 0.15) is 11.1 Å². The Morgan fingerprint density at radius 1 is 0.583 bits per heavy atom. The van der Waals surface area contributed by atoms with Crippen LogP contribution in [0.2, 0.25) is 0 Å². The number of fused-ring (bicyclic) bond motifs is 2. The summed E-state index contributed by atoms with van der Waals surface area (Å²) in [6.45, 7) is 0. The van der Waals surface area contributed by atoms with E-state index >= 15 is 0 Å². The van der Waals surface area contributed by atoms with Crippen LogP contribution >= 0.6 is 15.2 Å². The highest BCUT2D eigenvalue weighted by molar-refractivity contribution is 7.51. The second-order valence-electron chi connectivity index (χ2n) is 5.69. The van der Waals surface area contributed by atoms with Gasteiger partial charge in [0.05, 0.1) is 12.3 Å². The van der Waals surface area contributed by atoms with Gasteiger partial charge in [-0.25, -0.2) is 0 Å². The van der Waals surface area contributed by atoms with Gasteiger partial charge in [-0.1, -0.05) is 48.5 Å². The van der Waals surface area contributed by atoms with Gasteiger partial charge in [0.1, 0.15) is 0 Å². The first-order chi connectivity index (χ1) is 11.2. The first-order valence-electron chi connectivity index (χ1n) is 7.16. The lowest BCUT2D eigenvalue weighted by atomic mass is 9.93. The van der Waals surface area contributed by atoms with Crippen molar-refractivity contribution in [1.82, 2.24) is 0 Å². The third-order valence-corrected chi connectivity index (χ3v) is 5.34. The summed E-state index contributed by atoms with van der Waals surface area (Å²) in [6, 6.07) is 13.8. The van der Waals surface area contributed by atoms with Crippen molar-refractivity contribution in [3.8, 4) is 0 Å². The summed E-state index contributed by atoms with van der Waals surface area (Å²) in [6.07, 6.45) is -0.853. The summed E-state index contributed by atoms with van der Waals surface area (Å²) < 4.78 is 23.1. The lowest BCUT2D eigenvalue weighted by molar-refractivity contribution is 0.369. The van der Waals surface area contributed by atoms with Crippen molar-refractivity contribution in [3.05, 3.63) is 59.7 Å². The second-order valence-corrected chi connectivity index (χ2v) is 8.99. The second kappa shape index (κ2) is 6.08. The highest BCUT2D eigenvalue weighted by Crippen LogP contribution is 2.47. The van der Waals surface area contributed by atoms with Crippen molar-refractivity contribution in [2.75, 3.05) is 0 Å². The maximum atomic E-state index is 11.6. The zero-order valence-electron chi connectivity index (χ0n) is 12.5. The van der Waals surface area contributed by atoms with Gasteiger partial charge >= 0.3 is 15.2 Å². The summed E-state index contributed by atoms with van der Waals surface area (Å²) >= 11 is 0. The zero-order valence-corrected chi connectivity index (χ0v) is 14.3. The van der Waals surface area contributed by atoms with Gasteiger partial charge in [0, 0.05) is 0 Å². The van der Waals surface area contributed by atoms with Crippen LogP contribution in [0.15, 0.2) is 48.5 Å². The van der Waals surface area contributed by atoms with Gasteiger partial charge < -0.3 is 19.6 Å². The molecule has 0 unspecified atom stereocenters. The van der Waals surface area contributed by atoms with E-state index in [1.807, 2.05) is 0 Å². The predicted molar refractivity (Wildman–Crippen MR) is 93.0 cm³/mol. The molecule has 0 saturated carbocycles. The van der Waals surface area contributed by atoms with E-state index in [2.05, 4.69) is 0 Å². The SMILES string of the molecule is O=P(O)(O)Cc1c2ccccc2c(CP(=O)(O)O)c2ccccc12. The molecule has 0 aliphatic heterocycles. The molecule has 3 aromatic carbocycles. The maximum Gasteiger partial charge on any atom is 0.329 e. The van der Waals surface area contributed by atoms with Crippen molar-refractivity contribution in [3.63, 3.8) is 0 Å². The Labute approximate surface area is 138 Å². The molecule has 126 valence electrons. The standard InChI is InChI=1S/C16H16O6P2/c17-23(18,19)9-15-11-5-1-2-6-12(11)16(10-24(20,21)22)14-8-4-3-7-13(14)15/h1-8H,9-10H2,(H2,17,18,19)(H2,20,21,22). The topological polar surface area (TPSA) is 115 Å². The van der Waals surface area contributed by atoms with Crippen molar-refractivity contribution >= 4 is 36.7 Å². The summed E-state index contributed by atoms with van der Waals surface area (Å²) in [5, 5.41) is 2.40. The third kappa shape index (κ3) is 3.60. The van der Waals surface area contributed by atoms with Gasteiger partial charge in [-0.2, -0.15) is 0 Å². The largest absolute Gasteiger partial charge is 0.329 e. The zero-order chi connectivity index (χ0) is 17.5. The van der Waals surface area contributed by atoms with Gasteiger partial charge in [-0.15, -0.1) is 0 Å². The highest BCUT2D eigenvalue weighted by Gasteiger charge is 2.23. The Balaban J connectivity index is 2.46. The average molecular weight is 366 g/mol. The molecule has 4 N–H and O–H groups in total. The van der Waals surface area contributed by atoms with Crippen LogP contribution in [0.3, 0.4) is 0 Å². The minimum Gasteiger partial charge on any atom is -0.324 e. The number of hydrogen-bond acceptors (Lipinski definition) is 2. The lowest BCUT2D eigenvalue weighted by Crippen LogP contribution is -1.97. The summed E-state index contributed by atoms with van der Waals surface area (Å²) in [4.78, 5) is 37.7. The minimum absolute atomic E-state index is 0.426. The molecule has 3 rings (SSSR count). The molecule has 0 bridgehead atoms. The quantitative estimate of drug-likeness (QED) is 0.416. The van der Waals surface area contributed by atoms with Gasteiger partial charge in [-0.3, -0.25) is 9.13 Å². The van der Waals surface area contributed by atoms with Gasteiger partial charge in [0.2, 0.25) is 0 Å². The Morgan fingerprint density at radius 2 is 0.833 bits per heavy atom. The summed E-state index contributed by atoms with van der Waals surface area (Å²) in [7, 11) is -8.61. The average Bonchev–Trinajstić information content (AvgIpc) is 2.48. The smallest absolute Gasteiger partial charge is 0.324 e. The number of rotatable bonds is 4. The van der Waals surface area contributed by atoms with E-state index in [0.29, 0.717) is 32.7 Å². The van der Waals surface area contributed by atoms with Crippen LogP contribution in [0.4, 0.5) is 0 Å². The Bertz CT molecular complexity index is 879. The molecule has 6 nitrogen and oxygen atoms in total. The van der Waals surface area contributed by atoms with Crippen LogP contribution in [0.5, 0.6) is 0 Å². The van der Waals surface area contributed by atoms with E-state index in [-0.39, 0.29) is 0 Å². The highest BCUT2D eigenvalue weighted by atomic mass is 31.2. The molecule has 0 radical (unpaired) electrons.